The minimum Gasteiger partial charge on any atom is -0.337 e. The van der Waals surface area contributed by atoms with Gasteiger partial charge in [0.1, 0.15) is 5.82 Å². The van der Waals surface area contributed by atoms with Crippen molar-refractivity contribution >= 4 is 29.0 Å². The first-order valence-electron chi connectivity index (χ1n) is 7.72. The van der Waals surface area contributed by atoms with Gasteiger partial charge in [0.2, 0.25) is 0 Å². The zero-order chi connectivity index (χ0) is 17.6. The summed E-state index contributed by atoms with van der Waals surface area (Å²) in [5, 5.41) is 2.01. The summed E-state index contributed by atoms with van der Waals surface area (Å²) in [6.45, 7) is 0.363. The van der Waals surface area contributed by atoms with Crippen molar-refractivity contribution in [1.82, 2.24) is 9.88 Å². The highest BCUT2D eigenvalue weighted by molar-refractivity contribution is 7.98. The number of thioether (sulfide) groups is 1. The van der Waals surface area contributed by atoms with Gasteiger partial charge in [-0.05, 0) is 29.8 Å². The van der Waals surface area contributed by atoms with E-state index in [1.807, 2.05) is 35.7 Å². The minimum absolute atomic E-state index is 0.0781. The van der Waals surface area contributed by atoms with Crippen LogP contribution in [0.25, 0.3) is 0 Å². The van der Waals surface area contributed by atoms with Gasteiger partial charge < -0.3 is 4.90 Å². The number of aromatic nitrogens is 1. The third-order valence-corrected chi connectivity index (χ3v) is 5.37. The van der Waals surface area contributed by atoms with Crippen molar-refractivity contribution in [2.75, 3.05) is 7.05 Å². The van der Waals surface area contributed by atoms with Crippen molar-refractivity contribution in [2.45, 2.75) is 17.2 Å². The Morgan fingerprint density at radius 3 is 2.84 bits per heavy atom. The molecule has 0 bridgehead atoms. The first kappa shape index (κ1) is 17.6. The van der Waals surface area contributed by atoms with Crippen molar-refractivity contribution in [1.29, 1.82) is 0 Å². The van der Waals surface area contributed by atoms with E-state index < -0.39 is 0 Å². The Kier molecular flexibility index (Phi) is 5.83. The quantitative estimate of drug-likeness (QED) is 0.580. The second-order valence-corrected chi connectivity index (χ2v) is 7.29. The van der Waals surface area contributed by atoms with Gasteiger partial charge in [-0.15, -0.1) is 23.1 Å². The molecular weight excluding hydrogens is 355 g/mol. The summed E-state index contributed by atoms with van der Waals surface area (Å²) in [7, 11) is 1.73. The third-order valence-electron chi connectivity index (χ3n) is 3.63. The summed E-state index contributed by atoms with van der Waals surface area (Å²) in [4.78, 5) is 19.6. The topological polar surface area (TPSA) is 33.2 Å². The number of amides is 1. The molecule has 25 heavy (non-hydrogen) atoms. The molecule has 0 unspecified atom stereocenters. The lowest BCUT2D eigenvalue weighted by Crippen LogP contribution is -2.26. The maximum Gasteiger partial charge on any atom is 0.255 e. The Morgan fingerprint density at radius 2 is 2.08 bits per heavy atom. The summed E-state index contributed by atoms with van der Waals surface area (Å²) < 4.78 is 13.3. The van der Waals surface area contributed by atoms with Crippen LogP contribution in [0, 0.1) is 5.82 Å². The van der Waals surface area contributed by atoms with Crippen molar-refractivity contribution in [2.24, 2.45) is 0 Å². The second-order valence-electron chi connectivity index (χ2n) is 5.56. The van der Waals surface area contributed by atoms with Crippen LogP contribution < -0.4 is 0 Å². The van der Waals surface area contributed by atoms with Crippen LogP contribution in [0.1, 0.15) is 21.6 Å². The highest BCUT2D eigenvalue weighted by Gasteiger charge is 2.16. The lowest BCUT2D eigenvalue weighted by atomic mass is 10.1. The standard InChI is InChI=1S/C19H17FN2OS2/c1-22(10-14-5-4-6-15(20)9-14)19(23)17-7-2-3-8-18(17)25-12-16-11-24-13-21-16/h2-9,11,13H,10,12H2,1H3. The van der Waals surface area contributed by atoms with E-state index >= 15 is 0 Å². The minimum atomic E-state index is -0.294. The number of rotatable bonds is 6. The van der Waals surface area contributed by atoms with Crippen LogP contribution in [-0.4, -0.2) is 22.8 Å². The van der Waals surface area contributed by atoms with Crippen LogP contribution in [0.15, 0.2) is 64.3 Å². The molecule has 0 radical (unpaired) electrons. The number of halogens is 1. The van der Waals surface area contributed by atoms with E-state index in [0.717, 1.165) is 21.9 Å². The highest BCUT2D eigenvalue weighted by Crippen LogP contribution is 2.27. The first-order valence-corrected chi connectivity index (χ1v) is 9.65. The van der Waals surface area contributed by atoms with Gasteiger partial charge in [-0.1, -0.05) is 24.3 Å². The van der Waals surface area contributed by atoms with E-state index in [9.17, 15) is 9.18 Å². The van der Waals surface area contributed by atoms with Crippen LogP contribution in [0.5, 0.6) is 0 Å². The molecule has 0 N–H and O–H groups in total. The molecule has 128 valence electrons. The maximum absolute atomic E-state index is 13.3. The molecule has 1 amide bonds. The van der Waals surface area contributed by atoms with Gasteiger partial charge in [-0.3, -0.25) is 4.79 Å². The molecule has 1 aromatic heterocycles. The molecule has 0 aliphatic carbocycles. The van der Waals surface area contributed by atoms with Gasteiger partial charge in [0.05, 0.1) is 16.8 Å². The van der Waals surface area contributed by atoms with Gasteiger partial charge in [-0.2, -0.15) is 0 Å². The molecule has 0 fully saturated rings. The number of benzene rings is 2. The Hall–Kier alpha value is -2.18. The first-order chi connectivity index (χ1) is 12.1. The molecule has 3 nitrogen and oxygen atoms in total. The van der Waals surface area contributed by atoms with Gasteiger partial charge in [0, 0.05) is 29.6 Å². The second kappa shape index (κ2) is 8.27. The van der Waals surface area contributed by atoms with E-state index in [4.69, 9.17) is 0 Å². The van der Waals surface area contributed by atoms with Crippen molar-refractivity contribution in [3.05, 3.63) is 82.1 Å². The Labute approximate surface area is 154 Å². The molecule has 0 saturated carbocycles. The molecule has 0 atom stereocenters. The highest BCUT2D eigenvalue weighted by atomic mass is 32.2. The van der Waals surface area contributed by atoms with Gasteiger partial charge in [0.15, 0.2) is 0 Å². The van der Waals surface area contributed by atoms with Gasteiger partial charge >= 0.3 is 0 Å². The summed E-state index contributed by atoms with van der Waals surface area (Å²) in [5.74, 6) is 0.352. The SMILES string of the molecule is CN(Cc1cccc(F)c1)C(=O)c1ccccc1SCc1cscn1. The van der Waals surface area contributed by atoms with Crippen LogP contribution in [-0.2, 0) is 12.3 Å². The molecule has 2 aromatic carbocycles. The molecule has 3 aromatic rings. The average Bonchev–Trinajstić information content (AvgIpc) is 3.13. The Morgan fingerprint density at radius 1 is 1.24 bits per heavy atom. The number of thiazole rings is 1. The van der Waals surface area contributed by atoms with Crippen LogP contribution in [0.2, 0.25) is 0 Å². The lowest BCUT2D eigenvalue weighted by molar-refractivity contribution is 0.0781. The number of hydrogen-bond donors (Lipinski definition) is 0. The van der Waals surface area contributed by atoms with Crippen LogP contribution in [0.4, 0.5) is 4.39 Å². The third kappa shape index (κ3) is 4.67. The van der Waals surface area contributed by atoms with Crippen molar-refractivity contribution in [3.63, 3.8) is 0 Å². The number of nitrogens with zero attached hydrogens (tertiary/aromatic N) is 2. The fraction of sp³-hybridized carbons (Fsp3) is 0.158. The predicted molar refractivity (Wildman–Crippen MR) is 100 cm³/mol. The fourth-order valence-corrected chi connectivity index (χ4v) is 4.03. The number of carbonyl (C=O) groups excluding carboxylic acids is 1. The van der Waals surface area contributed by atoms with E-state index in [0.29, 0.717) is 12.1 Å². The zero-order valence-electron chi connectivity index (χ0n) is 13.7. The smallest absolute Gasteiger partial charge is 0.255 e. The Bertz CT molecular complexity index is 852. The van der Waals surface area contributed by atoms with E-state index in [-0.39, 0.29) is 11.7 Å². The van der Waals surface area contributed by atoms with E-state index in [2.05, 4.69) is 4.98 Å². The van der Waals surface area contributed by atoms with E-state index in [1.54, 1.807) is 46.6 Å². The fourth-order valence-electron chi connectivity index (χ4n) is 2.42. The number of carbonyl (C=O) groups is 1. The molecular formula is C19H17FN2OS2. The summed E-state index contributed by atoms with van der Waals surface area (Å²) in [6.07, 6.45) is 0. The number of hydrogen-bond acceptors (Lipinski definition) is 4. The van der Waals surface area contributed by atoms with Crippen molar-refractivity contribution in [3.8, 4) is 0 Å². The summed E-state index contributed by atoms with van der Waals surface area (Å²) >= 11 is 3.16. The van der Waals surface area contributed by atoms with Crippen molar-refractivity contribution < 1.29 is 9.18 Å². The van der Waals surface area contributed by atoms with E-state index in [1.165, 1.54) is 12.1 Å². The molecule has 0 spiro atoms. The van der Waals surface area contributed by atoms with Crippen LogP contribution >= 0.6 is 23.1 Å². The average molecular weight is 372 g/mol. The molecule has 3 rings (SSSR count). The summed E-state index contributed by atoms with van der Waals surface area (Å²) in [5.41, 5.74) is 4.23. The molecule has 6 heteroatoms. The van der Waals surface area contributed by atoms with Crippen LogP contribution in [0.3, 0.4) is 0 Å². The predicted octanol–water partition coefficient (Wildman–Crippen LogP) is 4.85. The monoisotopic (exact) mass is 372 g/mol. The molecule has 0 aliphatic heterocycles. The molecule has 0 saturated heterocycles. The van der Waals surface area contributed by atoms with Gasteiger partial charge in [0.25, 0.3) is 5.91 Å². The summed E-state index contributed by atoms with van der Waals surface area (Å²) in [6, 6.07) is 13.9. The normalized spacial score (nSPS) is 10.6. The molecule has 1 heterocycles. The maximum atomic E-state index is 13.3. The molecule has 0 aliphatic rings. The Balaban J connectivity index is 1.72. The van der Waals surface area contributed by atoms with Gasteiger partial charge in [-0.25, -0.2) is 9.37 Å². The zero-order valence-corrected chi connectivity index (χ0v) is 15.3. The largest absolute Gasteiger partial charge is 0.337 e. The lowest BCUT2D eigenvalue weighted by Gasteiger charge is -2.19.